The first-order valence-electron chi connectivity index (χ1n) is 7.57. The molecule has 1 heterocycles. The number of rotatable bonds is 6. The van der Waals surface area contributed by atoms with Crippen LogP contribution in [0.1, 0.15) is 37.0 Å². The minimum atomic E-state index is 0.884. The van der Waals surface area contributed by atoms with Crippen molar-refractivity contribution in [2.75, 3.05) is 17.2 Å². The Morgan fingerprint density at radius 2 is 1.76 bits per heavy atom. The second kappa shape index (κ2) is 7.07. The number of hydrogen-bond donors (Lipinski definition) is 2. The van der Waals surface area contributed by atoms with Crippen LogP contribution in [0, 0.1) is 13.8 Å². The highest BCUT2D eigenvalue weighted by Crippen LogP contribution is 2.25. The zero-order valence-corrected chi connectivity index (χ0v) is 13.3. The summed E-state index contributed by atoms with van der Waals surface area (Å²) < 4.78 is 0. The van der Waals surface area contributed by atoms with Crippen LogP contribution in [0.3, 0.4) is 0 Å². The molecular formula is C17H24N4. The molecule has 1 aromatic carbocycles. The highest BCUT2D eigenvalue weighted by Gasteiger charge is 2.09. The molecule has 4 nitrogen and oxygen atoms in total. The van der Waals surface area contributed by atoms with E-state index in [1.807, 2.05) is 0 Å². The first kappa shape index (κ1) is 15.3. The van der Waals surface area contributed by atoms with Crippen molar-refractivity contribution >= 4 is 17.3 Å². The predicted octanol–water partition coefficient (Wildman–Crippen LogP) is 4.22. The second-order valence-corrected chi connectivity index (χ2v) is 5.25. The molecule has 0 radical (unpaired) electrons. The van der Waals surface area contributed by atoms with Crippen molar-refractivity contribution < 1.29 is 0 Å². The Kier molecular flexibility index (Phi) is 5.14. The Labute approximate surface area is 127 Å². The fourth-order valence-electron chi connectivity index (χ4n) is 2.21. The molecule has 0 saturated heterocycles. The summed E-state index contributed by atoms with van der Waals surface area (Å²) >= 11 is 0. The van der Waals surface area contributed by atoms with Crippen LogP contribution >= 0.6 is 0 Å². The van der Waals surface area contributed by atoms with Crippen molar-refractivity contribution in [2.24, 2.45) is 0 Å². The normalized spacial score (nSPS) is 10.5. The molecule has 0 saturated carbocycles. The molecule has 0 bridgehead atoms. The van der Waals surface area contributed by atoms with Crippen LogP contribution in [-0.2, 0) is 6.42 Å². The van der Waals surface area contributed by atoms with Crippen molar-refractivity contribution in [1.82, 2.24) is 9.97 Å². The van der Waals surface area contributed by atoms with Crippen LogP contribution in [0.25, 0.3) is 0 Å². The summed E-state index contributed by atoms with van der Waals surface area (Å²) in [6.07, 6.45) is 3.58. The summed E-state index contributed by atoms with van der Waals surface area (Å²) in [6.45, 7) is 9.44. The van der Waals surface area contributed by atoms with Crippen LogP contribution in [0.4, 0.5) is 17.3 Å². The van der Waals surface area contributed by atoms with Gasteiger partial charge in [-0.15, -0.1) is 0 Å². The van der Waals surface area contributed by atoms with E-state index in [1.54, 1.807) is 6.33 Å². The van der Waals surface area contributed by atoms with Gasteiger partial charge in [0.1, 0.15) is 18.0 Å². The van der Waals surface area contributed by atoms with Gasteiger partial charge in [-0.2, -0.15) is 0 Å². The third-order valence-corrected chi connectivity index (χ3v) is 3.61. The van der Waals surface area contributed by atoms with Crippen LogP contribution in [0.15, 0.2) is 24.5 Å². The van der Waals surface area contributed by atoms with Crippen molar-refractivity contribution in [1.29, 1.82) is 0 Å². The number of aryl methyl sites for hydroxylation is 2. The molecule has 112 valence electrons. The third-order valence-electron chi connectivity index (χ3n) is 3.61. The lowest BCUT2D eigenvalue weighted by atomic mass is 10.1. The van der Waals surface area contributed by atoms with E-state index in [2.05, 4.69) is 66.5 Å². The van der Waals surface area contributed by atoms with E-state index in [0.717, 1.165) is 42.3 Å². The lowest BCUT2D eigenvalue weighted by Gasteiger charge is -2.14. The predicted molar refractivity (Wildman–Crippen MR) is 89.4 cm³/mol. The molecule has 1 aromatic heterocycles. The van der Waals surface area contributed by atoms with Crippen molar-refractivity contribution in [3.63, 3.8) is 0 Å². The van der Waals surface area contributed by atoms with Crippen LogP contribution in [-0.4, -0.2) is 16.5 Å². The topological polar surface area (TPSA) is 49.8 Å². The molecule has 0 aliphatic carbocycles. The molecular weight excluding hydrogens is 260 g/mol. The van der Waals surface area contributed by atoms with E-state index in [1.165, 1.54) is 11.1 Å². The van der Waals surface area contributed by atoms with E-state index in [4.69, 9.17) is 0 Å². The first-order chi connectivity index (χ1) is 10.2. The molecule has 0 spiro atoms. The van der Waals surface area contributed by atoms with Gasteiger partial charge >= 0.3 is 0 Å². The summed E-state index contributed by atoms with van der Waals surface area (Å²) in [6, 6.07) is 6.36. The molecule has 2 aromatic rings. The first-order valence-corrected chi connectivity index (χ1v) is 7.57. The van der Waals surface area contributed by atoms with Crippen molar-refractivity contribution in [3.05, 3.63) is 41.2 Å². The van der Waals surface area contributed by atoms with Gasteiger partial charge in [-0.05, 0) is 49.9 Å². The van der Waals surface area contributed by atoms with E-state index >= 15 is 0 Å². The minimum Gasteiger partial charge on any atom is -0.370 e. The average molecular weight is 284 g/mol. The Balaban J connectivity index is 2.28. The molecule has 2 rings (SSSR count). The number of benzene rings is 1. The Morgan fingerprint density at radius 3 is 2.43 bits per heavy atom. The van der Waals surface area contributed by atoms with Gasteiger partial charge in [0.2, 0.25) is 0 Å². The molecule has 21 heavy (non-hydrogen) atoms. The summed E-state index contributed by atoms with van der Waals surface area (Å²) in [5.74, 6) is 1.81. The molecule has 0 aliphatic heterocycles. The summed E-state index contributed by atoms with van der Waals surface area (Å²) in [5.41, 5.74) is 4.76. The summed E-state index contributed by atoms with van der Waals surface area (Å²) in [7, 11) is 0. The number of aromatic nitrogens is 2. The minimum absolute atomic E-state index is 0.884. The van der Waals surface area contributed by atoms with E-state index in [9.17, 15) is 0 Å². The highest BCUT2D eigenvalue weighted by atomic mass is 15.1. The lowest BCUT2D eigenvalue weighted by Crippen LogP contribution is -2.08. The Bertz CT molecular complexity index is 608. The van der Waals surface area contributed by atoms with Crippen molar-refractivity contribution in [3.8, 4) is 0 Å². The average Bonchev–Trinajstić information content (AvgIpc) is 2.49. The standard InChI is InChI=1S/C17H24N4/c1-5-9-18-16-15(6-2)17(20-11-19-16)21-14-8-7-12(3)13(4)10-14/h7-8,10-11H,5-6,9H2,1-4H3,(H2,18,19,20,21). The van der Waals surface area contributed by atoms with Gasteiger partial charge in [-0.1, -0.05) is 19.9 Å². The number of anilines is 3. The van der Waals surface area contributed by atoms with Gasteiger partial charge in [-0.25, -0.2) is 9.97 Å². The van der Waals surface area contributed by atoms with Gasteiger partial charge in [-0.3, -0.25) is 0 Å². The van der Waals surface area contributed by atoms with Gasteiger partial charge in [0, 0.05) is 17.8 Å². The Hall–Kier alpha value is -2.10. The van der Waals surface area contributed by atoms with Crippen LogP contribution in [0.5, 0.6) is 0 Å². The van der Waals surface area contributed by atoms with Crippen molar-refractivity contribution in [2.45, 2.75) is 40.5 Å². The maximum atomic E-state index is 4.40. The van der Waals surface area contributed by atoms with E-state index in [-0.39, 0.29) is 0 Å². The lowest BCUT2D eigenvalue weighted by molar-refractivity contribution is 0.949. The van der Waals surface area contributed by atoms with E-state index in [0.29, 0.717) is 0 Å². The quantitative estimate of drug-likeness (QED) is 0.833. The molecule has 0 atom stereocenters. The van der Waals surface area contributed by atoms with E-state index < -0.39 is 0 Å². The number of nitrogens with zero attached hydrogens (tertiary/aromatic N) is 2. The van der Waals surface area contributed by atoms with Gasteiger partial charge < -0.3 is 10.6 Å². The number of nitrogens with one attached hydrogen (secondary N) is 2. The van der Waals surface area contributed by atoms with Crippen LogP contribution < -0.4 is 10.6 Å². The highest BCUT2D eigenvalue weighted by molar-refractivity contribution is 5.65. The van der Waals surface area contributed by atoms with Crippen LogP contribution in [0.2, 0.25) is 0 Å². The summed E-state index contributed by atoms with van der Waals surface area (Å²) in [4.78, 5) is 8.76. The van der Waals surface area contributed by atoms with Gasteiger partial charge in [0.15, 0.2) is 0 Å². The molecule has 2 N–H and O–H groups in total. The zero-order chi connectivity index (χ0) is 15.2. The fourth-order valence-corrected chi connectivity index (χ4v) is 2.21. The molecule has 4 heteroatoms. The molecule has 0 unspecified atom stereocenters. The zero-order valence-electron chi connectivity index (χ0n) is 13.3. The SMILES string of the molecule is CCCNc1ncnc(Nc2ccc(C)c(C)c2)c1CC. The number of hydrogen-bond acceptors (Lipinski definition) is 4. The smallest absolute Gasteiger partial charge is 0.139 e. The molecule has 0 amide bonds. The van der Waals surface area contributed by atoms with Gasteiger partial charge in [0.05, 0.1) is 0 Å². The molecule has 0 aliphatic rings. The van der Waals surface area contributed by atoms with Gasteiger partial charge in [0.25, 0.3) is 0 Å². The summed E-state index contributed by atoms with van der Waals surface area (Å²) in [5, 5.41) is 6.79. The maximum absolute atomic E-state index is 4.40. The monoisotopic (exact) mass is 284 g/mol. The largest absolute Gasteiger partial charge is 0.370 e. The fraction of sp³-hybridized carbons (Fsp3) is 0.412. The Morgan fingerprint density at radius 1 is 1.00 bits per heavy atom. The molecule has 0 fully saturated rings. The third kappa shape index (κ3) is 3.72. The maximum Gasteiger partial charge on any atom is 0.139 e. The second-order valence-electron chi connectivity index (χ2n) is 5.25.